The van der Waals surface area contributed by atoms with E-state index in [-0.39, 0.29) is 0 Å². The molecule has 0 unspecified atom stereocenters. The van der Waals surface area contributed by atoms with E-state index in [0.29, 0.717) is 5.02 Å². The van der Waals surface area contributed by atoms with E-state index in [1.54, 1.807) is 17.5 Å². The number of halogens is 1. The highest BCUT2D eigenvalue weighted by atomic mass is 35.5. The molecular weight excluding hydrogens is 294 g/mol. The van der Waals surface area contributed by atoms with Crippen LogP contribution in [-0.4, -0.2) is 15.2 Å². The van der Waals surface area contributed by atoms with Crippen molar-refractivity contribution in [2.75, 3.05) is 0 Å². The van der Waals surface area contributed by atoms with Crippen molar-refractivity contribution >= 4 is 33.9 Å². The second kappa shape index (κ2) is 4.47. The maximum absolute atomic E-state index is 5.96. The van der Waals surface area contributed by atoms with Crippen LogP contribution in [0.25, 0.3) is 33.1 Å². The SMILES string of the molecule is Clc1ccc2cc(-c3csc(-c4ccn[nH]4)n3)oc2c1. The van der Waals surface area contributed by atoms with Gasteiger partial charge in [0.25, 0.3) is 0 Å². The van der Waals surface area contributed by atoms with Crippen molar-refractivity contribution < 1.29 is 4.42 Å². The molecule has 3 heterocycles. The lowest BCUT2D eigenvalue weighted by atomic mass is 10.2. The summed E-state index contributed by atoms with van der Waals surface area (Å²) in [5.41, 5.74) is 2.48. The first-order valence-corrected chi connectivity index (χ1v) is 7.20. The van der Waals surface area contributed by atoms with Crippen LogP contribution in [0.5, 0.6) is 0 Å². The van der Waals surface area contributed by atoms with Gasteiger partial charge in [0.1, 0.15) is 16.3 Å². The van der Waals surface area contributed by atoms with E-state index in [0.717, 1.165) is 33.1 Å². The zero-order valence-electron chi connectivity index (χ0n) is 10.1. The van der Waals surface area contributed by atoms with Crippen LogP contribution in [0.4, 0.5) is 0 Å². The summed E-state index contributed by atoms with van der Waals surface area (Å²) in [7, 11) is 0. The van der Waals surface area contributed by atoms with Gasteiger partial charge >= 0.3 is 0 Å². The standard InChI is InChI=1S/C14H8ClN3OS/c15-9-2-1-8-5-13(19-12(8)6-9)11-7-20-14(17-11)10-3-4-16-18-10/h1-7H,(H,16,18). The Bertz CT molecular complexity index is 879. The van der Waals surface area contributed by atoms with Gasteiger partial charge in [-0.15, -0.1) is 11.3 Å². The van der Waals surface area contributed by atoms with Gasteiger partial charge in [0.2, 0.25) is 0 Å². The molecule has 6 heteroatoms. The van der Waals surface area contributed by atoms with Crippen LogP contribution >= 0.6 is 22.9 Å². The molecule has 0 spiro atoms. The number of benzene rings is 1. The number of hydrogen-bond acceptors (Lipinski definition) is 4. The molecule has 1 aromatic carbocycles. The molecule has 0 fully saturated rings. The van der Waals surface area contributed by atoms with Crippen LogP contribution in [0.15, 0.2) is 46.3 Å². The highest BCUT2D eigenvalue weighted by molar-refractivity contribution is 7.13. The average Bonchev–Trinajstić information content (AvgIpc) is 3.17. The van der Waals surface area contributed by atoms with Gasteiger partial charge in [-0.2, -0.15) is 5.10 Å². The van der Waals surface area contributed by atoms with Crippen LogP contribution in [0.3, 0.4) is 0 Å². The Kier molecular flexibility index (Phi) is 2.61. The van der Waals surface area contributed by atoms with Gasteiger partial charge in [0.05, 0.1) is 5.69 Å². The number of H-pyrrole nitrogens is 1. The van der Waals surface area contributed by atoms with Crippen LogP contribution < -0.4 is 0 Å². The van der Waals surface area contributed by atoms with Gasteiger partial charge in [-0.05, 0) is 24.3 Å². The normalized spacial score (nSPS) is 11.2. The molecule has 4 rings (SSSR count). The fourth-order valence-corrected chi connectivity index (χ4v) is 2.96. The third kappa shape index (κ3) is 1.92. The molecule has 1 N–H and O–H groups in total. The number of hydrogen-bond donors (Lipinski definition) is 1. The Morgan fingerprint density at radius 2 is 2.15 bits per heavy atom. The fourth-order valence-electron chi connectivity index (χ4n) is 2.02. The molecule has 0 bridgehead atoms. The summed E-state index contributed by atoms with van der Waals surface area (Å²) in [5, 5.41) is 11.4. The first kappa shape index (κ1) is 11.7. The fraction of sp³-hybridized carbons (Fsp3) is 0. The van der Waals surface area contributed by atoms with Crippen molar-refractivity contribution in [3.8, 4) is 22.2 Å². The third-order valence-corrected chi connectivity index (χ3v) is 4.08. The van der Waals surface area contributed by atoms with Gasteiger partial charge in [-0.3, -0.25) is 5.10 Å². The minimum Gasteiger partial charge on any atom is -0.454 e. The molecule has 0 amide bonds. The van der Waals surface area contributed by atoms with E-state index in [4.69, 9.17) is 16.0 Å². The molecule has 0 saturated heterocycles. The Hall–Kier alpha value is -2.11. The molecular formula is C14H8ClN3OS. The number of furan rings is 1. The minimum absolute atomic E-state index is 0.662. The molecule has 0 radical (unpaired) electrons. The molecule has 0 aliphatic rings. The number of aromatic nitrogens is 3. The summed E-state index contributed by atoms with van der Waals surface area (Å²) in [6, 6.07) is 9.45. The first-order chi connectivity index (χ1) is 9.79. The molecule has 4 aromatic rings. The van der Waals surface area contributed by atoms with E-state index in [2.05, 4.69) is 15.2 Å². The number of rotatable bonds is 2. The maximum Gasteiger partial charge on any atom is 0.154 e. The number of nitrogens with zero attached hydrogens (tertiary/aromatic N) is 2. The van der Waals surface area contributed by atoms with Gasteiger partial charge in [-0.25, -0.2) is 4.98 Å². The van der Waals surface area contributed by atoms with Crippen molar-refractivity contribution in [3.63, 3.8) is 0 Å². The molecule has 0 atom stereocenters. The summed E-state index contributed by atoms with van der Waals surface area (Å²) in [5.74, 6) is 0.740. The Labute approximate surface area is 123 Å². The number of aromatic amines is 1. The third-order valence-electron chi connectivity index (χ3n) is 2.97. The molecule has 4 nitrogen and oxygen atoms in total. The van der Waals surface area contributed by atoms with E-state index in [9.17, 15) is 0 Å². The molecule has 3 aromatic heterocycles. The van der Waals surface area contributed by atoms with Gasteiger partial charge < -0.3 is 4.42 Å². The van der Waals surface area contributed by atoms with Crippen LogP contribution in [0.2, 0.25) is 5.02 Å². The van der Waals surface area contributed by atoms with Crippen LogP contribution in [0, 0.1) is 0 Å². The van der Waals surface area contributed by atoms with Crippen molar-refractivity contribution in [1.29, 1.82) is 0 Å². The Balaban J connectivity index is 1.79. The molecule has 20 heavy (non-hydrogen) atoms. The highest BCUT2D eigenvalue weighted by Gasteiger charge is 2.12. The zero-order valence-corrected chi connectivity index (χ0v) is 11.7. The Morgan fingerprint density at radius 3 is 3.00 bits per heavy atom. The van der Waals surface area contributed by atoms with E-state index in [1.807, 2.05) is 35.7 Å². The summed E-state index contributed by atoms with van der Waals surface area (Å²) >= 11 is 7.51. The first-order valence-electron chi connectivity index (χ1n) is 5.94. The monoisotopic (exact) mass is 301 g/mol. The lowest BCUT2D eigenvalue weighted by Gasteiger charge is -1.89. The van der Waals surface area contributed by atoms with Crippen molar-refractivity contribution in [2.24, 2.45) is 0 Å². The zero-order chi connectivity index (χ0) is 13.5. The van der Waals surface area contributed by atoms with Crippen LogP contribution in [0.1, 0.15) is 0 Å². The maximum atomic E-state index is 5.96. The van der Waals surface area contributed by atoms with Gasteiger partial charge in [0, 0.05) is 28.1 Å². The predicted molar refractivity (Wildman–Crippen MR) is 79.9 cm³/mol. The number of thiazole rings is 1. The van der Waals surface area contributed by atoms with E-state index >= 15 is 0 Å². The lowest BCUT2D eigenvalue weighted by molar-refractivity contribution is 0.629. The second-order valence-corrected chi connectivity index (χ2v) is 5.60. The van der Waals surface area contributed by atoms with Gasteiger partial charge in [0.15, 0.2) is 5.76 Å². The van der Waals surface area contributed by atoms with E-state index in [1.165, 1.54) is 0 Å². The largest absolute Gasteiger partial charge is 0.454 e. The summed E-state index contributed by atoms with van der Waals surface area (Å²) in [6.45, 7) is 0. The average molecular weight is 302 g/mol. The summed E-state index contributed by atoms with van der Waals surface area (Å²) in [6.07, 6.45) is 1.71. The second-order valence-electron chi connectivity index (χ2n) is 4.30. The molecule has 0 aliphatic heterocycles. The summed E-state index contributed by atoms with van der Waals surface area (Å²) in [4.78, 5) is 4.56. The van der Waals surface area contributed by atoms with Crippen LogP contribution in [-0.2, 0) is 0 Å². The lowest BCUT2D eigenvalue weighted by Crippen LogP contribution is -1.77. The molecule has 0 saturated carbocycles. The van der Waals surface area contributed by atoms with Crippen molar-refractivity contribution in [3.05, 3.63) is 46.9 Å². The van der Waals surface area contributed by atoms with Gasteiger partial charge in [-0.1, -0.05) is 11.6 Å². The Morgan fingerprint density at radius 1 is 1.20 bits per heavy atom. The quantitative estimate of drug-likeness (QED) is 0.588. The van der Waals surface area contributed by atoms with E-state index < -0.39 is 0 Å². The number of nitrogens with one attached hydrogen (secondary N) is 1. The molecule has 98 valence electrons. The number of fused-ring (bicyclic) bond motifs is 1. The van der Waals surface area contributed by atoms with Crippen molar-refractivity contribution in [2.45, 2.75) is 0 Å². The smallest absolute Gasteiger partial charge is 0.154 e. The minimum atomic E-state index is 0.662. The predicted octanol–water partition coefficient (Wildman–Crippen LogP) is 4.60. The molecule has 0 aliphatic carbocycles. The highest BCUT2D eigenvalue weighted by Crippen LogP contribution is 2.32. The summed E-state index contributed by atoms with van der Waals surface area (Å²) < 4.78 is 5.80. The topological polar surface area (TPSA) is 54.7 Å². The van der Waals surface area contributed by atoms with Crippen molar-refractivity contribution in [1.82, 2.24) is 15.2 Å².